The number of likely N-dealkylation sites (N-methyl/N-ethyl adjacent to an activating group) is 1. The van der Waals surface area contributed by atoms with Crippen molar-refractivity contribution in [3.05, 3.63) is 24.3 Å². The Balaban J connectivity index is 1.78. The van der Waals surface area contributed by atoms with E-state index in [-0.39, 0.29) is 5.91 Å². The van der Waals surface area contributed by atoms with Crippen molar-refractivity contribution in [1.29, 1.82) is 0 Å². The van der Waals surface area contributed by atoms with Gasteiger partial charge in [-0.15, -0.1) is 0 Å². The maximum absolute atomic E-state index is 12.2. The first-order chi connectivity index (χ1) is 11.0. The fraction of sp³-hybridized carbons (Fsp3) is 0.632. The van der Waals surface area contributed by atoms with E-state index in [1.165, 1.54) is 32.1 Å². The van der Waals surface area contributed by atoms with Crippen LogP contribution in [0.4, 0.5) is 5.69 Å². The summed E-state index contributed by atoms with van der Waals surface area (Å²) < 4.78 is 5.65. The molecular weight excluding hydrogens is 288 g/mol. The van der Waals surface area contributed by atoms with Crippen LogP contribution in [0.2, 0.25) is 0 Å². The number of amides is 1. The van der Waals surface area contributed by atoms with Crippen molar-refractivity contribution in [2.24, 2.45) is 5.92 Å². The Bertz CT molecular complexity index is 479. The number of nitrogens with zero attached hydrogens (tertiary/aromatic N) is 1. The van der Waals surface area contributed by atoms with Gasteiger partial charge in [0.15, 0.2) is 0 Å². The normalized spacial score (nSPS) is 15.9. The molecule has 23 heavy (non-hydrogen) atoms. The van der Waals surface area contributed by atoms with E-state index < -0.39 is 0 Å². The van der Waals surface area contributed by atoms with Crippen LogP contribution in [0.1, 0.15) is 46.0 Å². The average molecular weight is 318 g/mol. The van der Waals surface area contributed by atoms with Crippen LogP contribution >= 0.6 is 0 Å². The van der Waals surface area contributed by atoms with E-state index in [1.807, 2.05) is 24.3 Å². The molecule has 4 nitrogen and oxygen atoms in total. The number of carbonyl (C=O) groups excluding carboxylic acids is 1. The topological polar surface area (TPSA) is 41.6 Å². The maximum Gasteiger partial charge on any atom is 0.238 e. The first-order valence-electron chi connectivity index (χ1n) is 8.77. The standard InChI is InChI=1S/C19H30N2O2/c1-15(2)14-23-18-11-9-16(10-12-18)20-19(22)13-21(3)17-7-5-4-6-8-17/h9-12,15,17H,4-8,13-14H2,1-3H3,(H,20,22). The van der Waals surface area contributed by atoms with E-state index in [0.717, 1.165) is 11.4 Å². The zero-order valence-corrected chi connectivity index (χ0v) is 14.7. The van der Waals surface area contributed by atoms with Gasteiger partial charge in [0.25, 0.3) is 0 Å². The summed E-state index contributed by atoms with van der Waals surface area (Å²) in [6.45, 7) is 5.41. The third-order valence-electron chi connectivity index (χ3n) is 4.31. The SMILES string of the molecule is CC(C)COc1ccc(NC(=O)CN(C)C2CCCCC2)cc1. The molecule has 1 saturated carbocycles. The minimum Gasteiger partial charge on any atom is -0.493 e. The van der Waals surface area contributed by atoms with E-state index >= 15 is 0 Å². The van der Waals surface area contributed by atoms with Crippen molar-refractivity contribution in [1.82, 2.24) is 4.90 Å². The molecule has 1 N–H and O–H groups in total. The van der Waals surface area contributed by atoms with Crippen LogP contribution in [0.15, 0.2) is 24.3 Å². The number of nitrogens with one attached hydrogen (secondary N) is 1. The molecule has 0 bridgehead atoms. The van der Waals surface area contributed by atoms with Gasteiger partial charge in [0.2, 0.25) is 5.91 Å². The fourth-order valence-corrected chi connectivity index (χ4v) is 2.98. The van der Waals surface area contributed by atoms with E-state index in [9.17, 15) is 4.79 Å². The number of ether oxygens (including phenoxy) is 1. The molecule has 0 unspecified atom stereocenters. The molecule has 1 aromatic rings. The van der Waals surface area contributed by atoms with Gasteiger partial charge in [0, 0.05) is 11.7 Å². The molecule has 4 heteroatoms. The van der Waals surface area contributed by atoms with Gasteiger partial charge in [-0.1, -0.05) is 33.1 Å². The summed E-state index contributed by atoms with van der Waals surface area (Å²) in [6, 6.07) is 8.16. The zero-order chi connectivity index (χ0) is 16.7. The summed E-state index contributed by atoms with van der Waals surface area (Å²) in [7, 11) is 2.05. The smallest absolute Gasteiger partial charge is 0.238 e. The van der Waals surface area contributed by atoms with Gasteiger partial charge in [0.1, 0.15) is 5.75 Å². The van der Waals surface area contributed by atoms with Gasteiger partial charge < -0.3 is 10.1 Å². The second-order valence-electron chi connectivity index (χ2n) is 6.98. The largest absolute Gasteiger partial charge is 0.493 e. The predicted molar refractivity (Wildman–Crippen MR) is 94.9 cm³/mol. The lowest BCUT2D eigenvalue weighted by Gasteiger charge is -2.30. The van der Waals surface area contributed by atoms with Crippen LogP contribution in [0.3, 0.4) is 0 Å². The Kier molecular flexibility index (Phi) is 6.90. The highest BCUT2D eigenvalue weighted by Gasteiger charge is 2.19. The van der Waals surface area contributed by atoms with Gasteiger partial charge in [0.05, 0.1) is 13.2 Å². The molecule has 1 fully saturated rings. The van der Waals surface area contributed by atoms with Crippen molar-refractivity contribution in [2.45, 2.75) is 52.0 Å². The lowest BCUT2D eigenvalue weighted by molar-refractivity contribution is -0.117. The number of carbonyl (C=O) groups is 1. The van der Waals surface area contributed by atoms with Crippen molar-refractivity contribution >= 4 is 11.6 Å². The molecule has 1 aliphatic carbocycles. The Morgan fingerprint density at radius 2 is 1.87 bits per heavy atom. The first-order valence-corrected chi connectivity index (χ1v) is 8.77. The molecule has 0 aliphatic heterocycles. The van der Waals surface area contributed by atoms with Crippen LogP contribution in [0, 0.1) is 5.92 Å². The summed E-state index contributed by atoms with van der Waals surface area (Å²) in [5.74, 6) is 1.40. The molecule has 1 aromatic carbocycles. The van der Waals surface area contributed by atoms with E-state index in [2.05, 4.69) is 31.1 Å². The Morgan fingerprint density at radius 3 is 2.48 bits per heavy atom. The van der Waals surface area contributed by atoms with Gasteiger partial charge in [-0.05, 0) is 50.1 Å². The Labute approximate surface area is 140 Å². The van der Waals surface area contributed by atoms with Crippen LogP contribution in [0.25, 0.3) is 0 Å². The Hall–Kier alpha value is -1.55. The quantitative estimate of drug-likeness (QED) is 0.828. The molecule has 128 valence electrons. The number of benzene rings is 1. The van der Waals surface area contributed by atoms with Gasteiger partial charge >= 0.3 is 0 Å². The molecule has 0 radical (unpaired) electrons. The number of rotatable bonds is 7. The number of hydrogen-bond donors (Lipinski definition) is 1. The van der Waals surface area contributed by atoms with Crippen LogP contribution in [-0.4, -0.2) is 37.0 Å². The predicted octanol–water partition coefficient (Wildman–Crippen LogP) is 3.92. The summed E-state index contributed by atoms with van der Waals surface area (Å²) in [5.41, 5.74) is 0.823. The third-order valence-corrected chi connectivity index (χ3v) is 4.31. The molecule has 0 atom stereocenters. The van der Waals surface area contributed by atoms with Crippen molar-refractivity contribution in [3.8, 4) is 5.75 Å². The Morgan fingerprint density at radius 1 is 1.22 bits per heavy atom. The second kappa shape index (κ2) is 8.92. The molecule has 2 rings (SSSR count). The summed E-state index contributed by atoms with van der Waals surface area (Å²) in [6.07, 6.45) is 6.34. The lowest BCUT2D eigenvalue weighted by atomic mass is 9.94. The lowest BCUT2D eigenvalue weighted by Crippen LogP contribution is -2.39. The molecule has 0 saturated heterocycles. The molecule has 0 heterocycles. The van der Waals surface area contributed by atoms with Crippen LogP contribution in [0.5, 0.6) is 5.75 Å². The summed E-state index contributed by atoms with van der Waals surface area (Å²) >= 11 is 0. The summed E-state index contributed by atoms with van der Waals surface area (Å²) in [5, 5.41) is 2.97. The second-order valence-corrected chi connectivity index (χ2v) is 6.98. The van der Waals surface area contributed by atoms with E-state index in [0.29, 0.717) is 25.1 Å². The van der Waals surface area contributed by atoms with Crippen LogP contribution < -0.4 is 10.1 Å². The van der Waals surface area contributed by atoms with E-state index in [1.54, 1.807) is 0 Å². The number of hydrogen-bond acceptors (Lipinski definition) is 3. The van der Waals surface area contributed by atoms with Crippen LogP contribution in [-0.2, 0) is 4.79 Å². The number of anilines is 1. The molecular formula is C19H30N2O2. The molecule has 1 aliphatic rings. The first kappa shape index (κ1) is 17.8. The molecule has 1 amide bonds. The highest BCUT2D eigenvalue weighted by molar-refractivity contribution is 5.92. The minimum atomic E-state index is 0.0499. The van der Waals surface area contributed by atoms with Gasteiger partial charge in [-0.3, -0.25) is 9.69 Å². The average Bonchev–Trinajstić information content (AvgIpc) is 2.55. The monoisotopic (exact) mass is 318 g/mol. The maximum atomic E-state index is 12.2. The highest BCUT2D eigenvalue weighted by Crippen LogP contribution is 2.21. The molecule has 0 aromatic heterocycles. The highest BCUT2D eigenvalue weighted by atomic mass is 16.5. The third kappa shape index (κ3) is 6.22. The fourth-order valence-electron chi connectivity index (χ4n) is 2.98. The van der Waals surface area contributed by atoms with Gasteiger partial charge in [-0.2, -0.15) is 0 Å². The minimum absolute atomic E-state index is 0.0499. The van der Waals surface area contributed by atoms with Crippen molar-refractivity contribution in [3.63, 3.8) is 0 Å². The van der Waals surface area contributed by atoms with E-state index in [4.69, 9.17) is 4.74 Å². The molecule has 0 spiro atoms. The van der Waals surface area contributed by atoms with Crippen molar-refractivity contribution in [2.75, 3.05) is 25.5 Å². The zero-order valence-electron chi connectivity index (χ0n) is 14.7. The van der Waals surface area contributed by atoms with Gasteiger partial charge in [-0.25, -0.2) is 0 Å². The summed E-state index contributed by atoms with van der Waals surface area (Å²) in [4.78, 5) is 14.4. The van der Waals surface area contributed by atoms with Crippen molar-refractivity contribution < 1.29 is 9.53 Å².